The predicted molar refractivity (Wildman–Crippen MR) is 75.2 cm³/mol. The van der Waals surface area contributed by atoms with Gasteiger partial charge in [-0.25, -0.2) is 0 Å². The molecule has 4 heteroatoms. The van der Waals surface area contributed by atoms with Crippen LogP contribution in [0.2, 0.25) is 0 Å². The zero-order chi connectivity index (χ0) is 14.3. The largest absolute Gasteiger partial charge is 0.496 e. The molecule has 0 saturated heterocycles. The summed E-state index contributed by atoms with van der Waals surface area (Å²) in [4.78, 5) is 11.9. The van der Waals surface area contributed by atoms with Gasteiger partial charge >= 0.3 is 0 Å². The van der Waals surface area contributed by atoms with Gasteiger partial charge in [0, 0.05) is 18.6 Å². The van der Waals surface area contributed by atoms with Gasteiger partial charge in [0.1, 0.15) is 5.75 Å². The van der Waals surface area contributed by atoms with E-state index in [0.717, 1.165) is 11.3 Å². The van der Waals surface area contributed by atoms with Gasteiger partial charge in [-0.2, -0.15) is 0 Å². The Morgan fingerprint density at radius 1 is 1.37 bits per heavy atom. The van der Waals surface area contributed by atoms with Crippen LogP contribution in [0.4, 0.5) is 0 Å². The first-order valence-corrected chi connectivity index (χ1v) is 6.52. The molecule has 2 N–H and O–H groups in total. The number of hydrogen-bond acceptors (Lipinski definition) is 3. The van der Waals surface area contributed by atoms with Gasteiger partial charge in [-0.3, -0.25) is 4.79 Å². The Morgan fingerprint density at radius 3 is 2.68 bits per heavy atom. The van der Waals surface area contributed by atoms with Gasteiger partial charge in [0.25, 0.3) is 0 Å². The minimum atomic E-state index is -0.368. The van der Waals surface area contributed by atoms with E-state index in [0.29, 0.717) is 19.3 Å². The van der Waals surface area contributed by atoms with E-state index < -0.39 is 0 Å². The first-order chi connectivity index (χ1) is 8.98. The fourth-order valence-electron chi connectivity index (χ4n) is 1.94. The van der Waals surface area contributed by atoms with E-state index in [4.69, 9.17) is 9.84 Å². The van der Waals surface area contributed by atoms with Crippen molar-refractivity contribution in [3.63, 3.8) is 0 Å². The molecule has 0 aliphatic rings. The summed E-state index contributed by atoms with van der Waals surface area (Å²) >= 11 is 0. The van der Waals surface area contributed by atoms with Crippen LogP contribution in [0.5, 0.6) is 5.75 Å². The van der Waals surface area contributed by atoms with Gasteiger partial charge in [-0.1, -0.05) is 18.2 Å². The van der Waals surface area contributed by atoms with Crippen LogP contribution in [0.15, 0.2) is 24.3 Å². The number of aryl methyl sites for hydroxylation is 1. The lowest BCUT2D eigenvalue weighted by atomic mass is 10.0. The van der Waals surface area contributed by atoms with E-state index in [1.807, 2.05) is 38.1 Å². The van der Waals surface area contributed by atoms with Crippen molar-refractivity contribution >= 4 is 5.91 Å². The van der Waals surface area contributed by atoms with E-state index in [9.17, 15) is 4.79 Å². The summed E-state index contributed by atoms with van der Waals surface area (Å²) in [5, 5.41) is 11.8. The predicted octanol–water partition coefficient (Wildman–Crippen LogP) is 1.90. The molecule has 0 radical (unpaired) electrons. The first-order valence-electron chi connectivity index (χ1n) is 6.52. The molecule has 0 unspecified atom stereocenters. The number of ether oxygens (including phenoxy) is 1. The minimum Gasteiger partial charge on any atom is -0.496 e. The molecular formula is C15H23NO3. The van der Waals surface area contributed by atoms with Crippen molar-refractivity contribution in [2.75, 3.05) is 13.7 Å². The number of amides is 1. The number of carbonyl (C=O) groups is 1. The van der Waals surface area contributed by atoms with Gasteiger partial charge in [-0.05, 0) is 38.3 Å². The van der Waals surface area contributed by atoms with Crippen LogP contribution in [-0.2, 0) is 11.2 Å². The van der Waals surface area contributed by atoms with Gasteiger partial charge < -0.3 is 15.2 Å². The second kappa shape index (κ2) is 7.14. The zero-order valence-corrected chi connectivity index (χ0v) is 11.9. The van der Waals surface area contributed by atoms with Crippen LogP contribution in [-0.4, -0.2) is 30.3 Å². The zero-order valence-electron chi connectivity index (χ0n) is 11.9. The molecule has 106 valence electrons. The lowest BCUT2D eigenvalue weighted by Gasteiger charge is -2.25. The average Bonchev–Trinajstić information content (AvgIpc) is 2.36. The maximum absolute atomic E-state index is 11.9. The van der Waals surface area contributed by atoms with Gasteiger partial charge in [0.2, 0.25) is 5.91 Å². The molecule has 1 aromatic rings. The number of hydrogen-bond donors (Lipinski definition) is 2. The van der Waals surface area contributed by atoms with Crippen LogP contribution >= 0.6 is 0 Å². The van der Waals surface area contributed by atoms with Crippen molar-refractivity contribution in [3.8, 4) is 5.75 Å². The highest BCUT2D eigenvalue weighted by atomic mass is 16.5. The molecule has 0 spiro atoms. The molecule has 0 aromatic heterocycles. The molecule has 0 atom stereocenters. The summed E-state index contributed by atoms with van der Waals surface area (Å²) in [5.41, 5.74) is 0.659. The van der Waals surface area contributed by atoms with Crippen molar-refractivity contribution in [2.45, 2.75) is 38.6 Å². The Morgan fingerprint density at radius 2 is 2.05 bits per heavy atom. The highest BCUT2D eigenvalue weighted by Crippen LogP contribution is 2.19. The van der Waals surface area contributed by atoms with Gasteiger partial charge in [0.15, 0.2) is 0 Å². The van der Waals surface area contributed by atoms with Crippen molar-refractivity contribution in [1.82, 2.24) is 5.32 Å². The topological polar surface area (TPSA) is 58.6 Å². The Bertz CT molecular complexity index is 416. The highest BCUT2D eigenvalue weighted by molar-refractivity contribution is 5.77. The quantitative estimate of drug-likeness (QED) is 0.791. The van der Waals surface area contributed by atoms with Crippen LogP contribution in [0.1, 0.15) is 32.3 Å². The standard InChI is InChI=1S/C15H23NO3/c1-15(2,10-11-17)16-14(18)9-8-12-6-4-5-7-13(12)19-3/h4-7,17H,8-11H2,1-3H3,(H,16,18). The third-order valence-electron chi connectivity index (χ3n) is 3.03. The summed E-state index contributed by atoms with van der Waals surface area (Å²) in [5.74, 6) is 0.800. The smallest absolute Gasteiger partial charge is 0.220 e. The van der Waals surface area contributed by atoms with E-state index in [1.54, 1.807) is 7.11 Å². The highest BCUT2D eigenvalue weighted by Gasteiger charge is 2.19. The summed E-state index contributed by atoms with van der Waals surface area (Å²) in [6, 6.07) is 7.70. The Balaban J connectivity index is 2.50. The number of aliphatic hydroxyl groups is 1. The molecule has 4 nitrogen and oxygen atoms in total. The lowest BCUT2D eigenvalue weighted by Crippen LogP contribution is -2.44. The summed E-state index contributed by atoms with van der Waals surface area (Å²) < 4.78 is 5.25. The average molecular weight is 265 g/mol. The van der Waals surface area contributed by atoms with Crippen molar-refractivity contribution in [2.24, 2.45) is 0 Å². The molecule has 0 bridgehead atoms. The Hall–Kier alpha value is -1.55. The summed E-state index contributed by atoms with van der Waals surface area (Å²) in [6.07, 6.45) is 1.60. The molecular weight excluding hydrogens is 242 g/mol. The van der Waals surface area contributed by atoms with E-state index >= 15 is 0 Å². The fraction of sp³-hybridized carbons (Fsp3) is 0.533. The molecule has 1 rings (SSSR count). The normalized spacial score (nSPS) is 11.2. The number of para-hydroxylation sites is 1. The number of rotatable bonds is 7. The Kier molecular flexibility index (Phi) is 5.83. The third kappa shape index (κ3) is 5.30. The van der Waals surface area contributed by atoms with E-state index in [2.05, 4.69) is 5.32 Å². The van der Waals surface area contributed by atoms with Crippen molar-refractivity contribution < 1.29 is 14.6 Å². The first kappa shape index (κ1) is 15.5. The number of aliphatic hydroxyl groups excluding tert-OH is 1. The fourth-order valence-corrected chi connectivity index (χ4v) is 1.94. The van der Waals surface area contributed by atoms with Crippen LogP contribution in [0, 0.1) is 0 Å². The molecule has 0 heterocycles. The van der Waals surface area contributed by atoms with Crippen molar-refractivity contribution in [3.05, 3.63) is 29.8 Å². The second-order valence-corrected chi connectivity index (χ2v) is 5.22. The lowest BCUT2D eigenvalue weighted by molar-refractivity contribution is -0.122. The second-order valence-electron chi connectivity index (χ2n) is 5.22. The molecule has 19 heavy (non-hydrogen) atoms. The maximum Gasteiger partial charge on any atom is 0.220 e. The molecule has 0 aliphatic carbocycles. The van der Waals surface area contributed by atoms with Crippen molar-refractivity contribution in [1.29, 1.82) is 0 Å². The van der Waals surface area contributed by atoms with Crippen LogP contribution in [0.3, 0.4) is 0 Å². The van der Waals surface area contributed by atoms with E-state index in [1.165, 1.54) is 0 Å². The minimum absolute atomic E-state index is 0.00986. The third-order valence-corrected chi connectivity index (χ3v) is 3.03. The molecule has 0 aliphatic heterocycles. The summed E-state index contributed by atoms with van der Waals surface area (Å²) in [6.45, 7) is 3.88. The van der Waals surface area contributed by atoms with Crippen LogP contribution in [0.25, 0.3) is 0 Å². The molecule has 1 amide bonds. The number of nitrogens with one attached hydrogen (secondary N) is 1. The van der Waals surface area contributed by atoms with Gasteiger partial charge in [-0.15, -0.1) is 0 Å². The SMILES string of the molecule is COc1ccccc1CCC(=O)NC(C)(C)CCO. The molecule has 1 aromatic carbocycles. The van der Waals surface area contributed by atoms with Crippen LogP contribution < -0.4 is 10.1 Å². The maximum atomic E-state index is 11.9. The Labute approximate surface area is 114 Å². The number of carbonyl (C=O) groups excluding carboxylic acids is 1. The number of methoxy groups -OCH3 is 1. The van der Waals surface area contributed by atoms with E-state index in [-0.39, 0.29) is 18.1 Å². The number of benzene rings is 1. The molecule has 0 fully saturated rings. The molecule has 0 saturated carbocycles. The monoisotopic (exact) mass is 265 g/mol. The summed E-state index contributed by atoms with van der Waals surface area (Å²) in [7, 11) is 1.63. The van der Waals surface area contributed by atoms with Gasteiger partial charge in [0.05, 0.1) is 7.11 Å².